The zero-order valence-corrected chi connectivity index (χ0v) is 15.3. The van der Waals surface area contributed by atoms with Crippen LogP contribution in [-0.2, 0) is 9.53 Å². The average molecular weight is 387 g/mol. The molecule has 1 atom stereocenters. The Kier molecular flexibility index (Phi) is 5.30. The number of nitrogens with one attached hydrogen (secondary N) is 1. The molecule has 1 aliphatic heterocycles. The molecule has 0 saturated carbocycles. The fourth-order valence-corrected chi connectivity index (χ4v) is 3.72. The lowest BCUT2D eigenvalue weighted by Gasteiger charge is -2.10. The number of aromatic nitrogens is 4. The van der Waals surface area contributed by atoms with Crippen molar-refractivity contribution in [3.8, 4) is 5.69 Å². The molecule has 1 aromatic carbocycles. The molecule has 1 saturated heterocycles. The van der Waals surface area contributed by atoms with Gasteiger partial charge in [-0.3, -0.25) is 4.79 Å². The van der Waals surface area contributed by atoms with Gasteiger partial charge in [-0.1, -0.05) is 11.8 Å². The van der Waals surface area contributed by atoms with Crippen LogP contribution < -0.4 is 5.32 Å². The molecule has 140 valence electrons. The molecule has 1 aliphatic rings. The molecule has 1 fully saturated rings. The highest BCUT2D eigenvalue weighted by Gasteiger charge is 2.17. The second-order valence-corrected chi connectivity index (χ2v) is 7.14. The van der Waals surface area contributed by atoms with E-state index in [0.717, 1.165) is 24.8 Å². The number of carbonyl (C=O) groups excluding carboxylic acids is 1. The summed E-state index contributed by atoms with van der Waals surface area (Å²) in [6, 6.07) is 6.01. The van der Waals surface area contributed by atoms with Crippen molar-refractivity contribution in [1.29, 1.82) is 0 Å². The van der Waals surface area contributed by atoms with Gasteiger partial charge in [-0.05, 0) is 37.1 Å². The van der Waals surface area contributed by atoms with Gasteiger partial charge in [0.15, 0.2) is 5.65 Å². The number of halogens is 1. The summed E-state index contributed by atoms with van der Waals surface area (Å²) in [5.41, 5.74) is 1.31. The average Bonchev–Trinajstić information content (AvgIpc) is 3.35. The molecule has 3 aromatic rings. The summed E-state index contributed by atoms with van der Waals surface area (Å²) in [4.78, 5) is 20.6. The second-order valence-electron chi connectivity index (χ2n) is 6.18. The summed E-state index contributed by atoms with van der Waals surface area (Å²) in [6.07, 6.45) is 5.26. The van der Waals surface area contributed by atoms with Crippen LogP contribution in [0.1, 0.15) is 12.8 Å². The lowest BCUT2D eigenvalue weighted by Crippen LogP contribution is -2.32. The van der Waals surface area contributed by atoms with Crippen LogP contribution in [0.4, 0.5) is 4.39 Å². The van der Waals surface area contributed by atoms with E-state index in [1.807, 2.05) is 0 Å². The first-order valence-electron chi connectivity index (χ1n) is 8.66. The second kappa shape index (κ2) is 8.01. The van der Waals surface area contributed by atoms with Gasteiger partial charge >= 0.3 is 0 Å². The first-order chi connectivity index (χ1) is 13.2. The number of hydrogen-bond acceptors (Lipinski definition) is 6. The fraction of sp³-hybridized carbons (Fsp3) is 0.333. The number of benzene rings is 1. The number of thioether (sulfide) groups is 1. The maximum Gasteiger partial charge on any atom is 0.230 e. The Bertz CT molecular complexity index is 941. The van der Waals surface area contributed by atoms with Crippen LogP contribution in [-0.4, -0.2) is 50.7 Å². The van der Waals surface area contributed by atoms with E-state index in [2.05, 4.69) is 20.4 Å². The van der Waals surface area contributed by atoms with Gasteiger partial charge in [0, 0.05) is 13.2 Å². The maximum atomic E-state index is 13.1. The Hall–Kier alpha value is -2.52. The SMILES string of the molecule is O=C(CSc1ncnc2c1cnn2-c1ccc(F)cc1)NCC1CCCO1. The highest BCUT2D eigenvalue weighted by atomic mass is 32.2. The Morgan fingerprint density at radius 3 is 2.96 bits per heavy atom. The molecule has 9 heteroatoms. The molecule has 4 rings (SSSR count). The van der Waals surface area contributed by atoms with E-state index in [4.69, 9.17) is 4.74 Å². The molecule has 3 heterocycles. The van der Waals surface area contributed by atoms with Crippen LogP contribution in [0.5, 0.6) is 0 Å². The van der Waals surface area contributed by atoms with Crippen LogP contribution in [0.25, 0.3) is 16.7 Å². The zero-order chi connectivity index (χ0) is 18.6. The van der Waals surface area contributed by atoms with Gasteiger partial charge in [0.1, 0.15) is 17.2 Å². The molecule has 27 heavy (non-hydrogen) atoms. The van der Waals surface area contributed by atoms with Crippen LogP contribution in [0.15, 0.2) is 41.8 Å². The quantitative estimate of drug-likeness (QED) is 0.516. The third-order valence-electron chi connectivity index (χ3n) is 4.29. The third kappa shape index (κ3) is 4.09. The van der Waals surface area contributed by atoms with Crippen molar-refractivity contribution in [3.63, 3.8) is 0 Å². The molecular weight excluding hydrogens is 369 g/mol. The minimum atomic E-state index is -0.310. The largest absolute Gasteiger partial charge is 0.376 e. The monoisotopic (exact) mass is 387 g/mol. The van der Waals surface area contributed by atoms with E-state index in [1.165, 1.54) is 30.2 Å². The van der Waals surface area contributed by atoms with Crippen molar-refractivity contribution >= 4 is 28.7 Å². The van der Waals surface area contributed by atoms with E-state index in [0.29, 0.717) is 22.9 Å². The summed E-state index contributed by atoms with van der Waals surface area (Å²) < 4.78 is 20.3. The number of carbonyl (C=O) groups is 1. The lowest BCUT2D eigenvalue weighted by atomic mass is 10.2. The van der Waals surface area contributed by atoms with Gasteiger partial charge in [-0.25, -0.2) is 19.0 Å². The Morgan fingerprint density at radius 1 is 1.33 bits per heavy atom. The third-order valence-corrected chi connectivity index (χ3v) is 5.30. The fourth-order valence-electron chi connectivity index (χ4n) is 2.93. The number of ether oxygens (including phenoxy) is 1. The standard InChI is InChI=1S/C18H18FN5O2S/c19-12-3-5-13(6-4-12)24-17-15(9-23-24)18(22-11-21-17)27-10-16(25)20-8-14-2-1-7-26-14/h3-6,9,11,14H,1-2,7-8,10H2,(H,20,25). The molecule has 0 aliphatic carbocycles. The number of nitrogens with zero attached hydrogens (tertiary/aromatic N) is 4. The molecule has 7 nitrogen and oxygen atoms in total. The van der Waals surface area contributed by atoms with Crippen molar-refractivity contribution in [2.24, 2.45) is 0 Å². The van der Waals surface area contributed by atoms with Gasteiger partial charge < -0.3 is 10.1 Å². The highest BCUT2D eigenvalue weighted by Crippen LogP contribution is 2.25. The number of rotatable bonds is 6. The van der Waals surface area contributed by atoms with Gasteiger partial charge in [0.25, 0.3) is 0 Å². The molecule has 1 N–H and O–H groups in total. The van der Waals surface area contributed by atoms with Gasteiger partial charge in [-0.15, -0.1) is 0 Å². The number of fused-ring (bicyclic) bond motifs is 1. The molecule has 2 aromatic heterocycles. The minimum absolute atomic E-state index is 0.0619. The van der Waals surface area contributed by atoms with Crippen molar-refractivity contribution in [2.75, 3.05) is 18.9 Å². The molecule has 1 unspecified atom stereocenters. The van der Waals surface area contributed by atoms with Gasteiger partial charge in [0.2, 0.25) is 5.91 Å². The Morgan fingerprint density at radius 2 is 2.19 bits per heavy atom. The molecule has 0 bridgehead atoms. The highest BCUT2D eigenvalue weighted by molar-refractivity contribution is 8.00. The van der Waals surface area contributed by atoms with E-state index in [1.54, 1.807) is 23.0 Å². The minimum Gasteiger partial charge on any atom is -0.376 e. The summed E-state index contributed by atoms with van der Waals surface area (Å²) in [6.45, 7) is 1.31. The molecular formula is C18H18FN5O2S. The van der Waals surface area contributed by atoms with Crippen LogP contribution in [0.2, 0.25) is 0 Å². The van der Waals surface area contributed by atoms with Crippen molar-refractivity contribution < 1.29 is 13.9 Å². The van der Waals surface area contributed by atoms with Crippen LogP contribution in [0, 0.1) is 5.82 Å². The topological polar surface area (TPSA) is 81.9 Å². The summed E-state index contributed by atoms with van der Waals surface area (Å²) in [5, 5.41) is 8.66. The summed E-state index contributed by atoms with van der Waals surface area (Å²) in [5.74, 6) is -0.121. The molecule has 1 amide bonds. The Labute approximate surface area is 159 Å². The van der Waals surface area contributed by atoms with Crippen molar-refractivity contribution in [3.05, 3.63) is 42.6 Å². The maximum absolute atomic E-state index is 13.1. The summed E-state index contributed by atoms with van der Waals surface area (Å²) in [7, 11) is 0. The predicted molar refractivity (Wildman–Crippen MR) is 99.3 cm³/mol. The van der Waals surface area contributed by atoms with Gasteiger partial charge in [0.05, 0.1) is 29.1 Å². The lowest BCUT2D eigenvalue weighted by molar-refractivity contribution is -0.119. The Balaban J connectivity index is 1.44. The van der Waals surface area contributed by atoms with E-state index < -0.39 is 0 Å². The van der Waals surface area contributed by atoms with Crippen LogP contribution >= 0.6 is 11.8 Å². The predicted octanol–water partition coefficient (Wildman–Crippen LogP) is 2.34. The normalized spacial score (nSPS) is 16.7. The van der Waals surface area contributed by atoms with E-state index in [-0.39, 0.29) is 23.6 Å². The van der Waals surface area contributed by atoms with Crippen molar-refractivity contribution in [2.45, 2.75) is 24.0 Å². The van der Waals surface area contributed by atoms with E-state index >= 15 is 0 Å². The first-order valence-corrected chi connectivity index (χ1v) is 9.65. The van der Waals surface area contributed by atoms with Gasteiger partial charge in [-0.2, -0.15) is 5.10 Å². The smallest absolute Gasteiger partial charge is 0.230 e. The van der Waals surface area contributed by atoms with Crippen LogP contribution in [0.3, 0.4) is 0 Å². The van der Waals surface area contributed by atoms with Crippen molar-refractivity contribution in [1.82, 2.24) is 25.1 Å². The summed E-state index contributed by atoms with van der Waals surface area (Å²) >= 11 is 1.33. The van der Waals surface area contributed by atoms with E-state index in [9.17, 15) is 9.18 Å². The number of hydrogen-bond donors (Lipinski definition) is 1. The molecule has 0 spiro atoms. The number of amides is 1. The molecule has 0 radical (unpaired) electrons. The first kappa shape index (κ1) is 17.9. The zero-order valence-electron chi connectivity index (χ0n) is 14.5.